The number of rotatable bonds is 4. The van der Waals surface area contributed by atoms with Crippen molar-refractivity contribution in [3.8, 4) is 0 Å². The van der Waals surface area contributed by atoms with Crippen molar-refractivity contribution in [2.45, 2.75) is 20.4 Å². The number of hydrogen-bond acceptors (Lipinski definition) is 3. The summed E-state index contributed by atoms with van der Waals surface area (Å²) >= 11 is 0. The molecule has 1 aromatic rings. The molecule has 0 aliphatic carbocycles. The fourth-order valence-electron chi connectivity index (χ4n) is 1.46. The van der Waals surface area contributed by atoms with Crippen LogP contribution in [0, 0.1) is 6.92 Å². The molecular formula is C11H18N2O2S. The molecule has 4 nitrogen and oxygen atoms in total. The van der Waals surface area contributed by atoms with Crippen LogP contribution in [0.5, 0.6) is 0 Å². The molecule has 0 amide bonds. The van der Waals surface area contributed by atoms with Crippen LogP contribution < -0.4 is 10.0 Å². The molecule has 0 aliphatic rings. The van der Waals surface area contributed by atoms with Crippen LogP contribution in [0.4, 0.5) is 5.69 Å². The highest BCUT2D eigenvalue weighted by Gasteiger charge is 2.17. The first-order valence-electron chi connectivity index (χ1n) is 5.18. The van der Waals surface area contributed by atoms with Gasteiger partial charge >= 0.3 is 0 Å². The van der Waals surface area contributed by atoms with Crippen LogP contribution in [0.25, 0.3) is 0 Å². The van der Waals surface area contributed by atoms with Crippen LogP contribution in [0.1, 0.15) is 18.1 Å². The monoisotopic (exact) mass is 242 g/mol. The van der Waals surface area contributed by atoms with Gasteiger partial charge in [0.05, 0.1) is 11.4 Å². The number of aryl methyl sites for hydroxylation is 1. The summed E-state index contributed by atoms with van der Waals surface area (Å²) in [5.74, 6) is 0.0930. The van der Waals surface area contributed by atoms with E-state index in [2.05, 4.69) is 0 Å². The fraction of sp³-hybridized carbons (Fsp3) is 0.455. The van der Waals surface area contributed by atoms with Crippen molar-refractivity contribution in [2.24, 2.45) is 5.73 Å². The summed E-state index contributed by atoms with van der Waals surface area (Å²) in [7, 11) is -1.64. The normalized spacial score (nSPS) is 11.5. The first-order valence-corrected chi connectivity index (χ1v) is 6.79. The molecule has 0 spiro atoms. The van der Waals surface area contributed by atoms with Crippen molar-refractivity contribution < 1.29 is 8.42 Å². The molecule has 1 aromatic carbocycles. The van der Waals surface area contributed by atoms with Crippen LogP contribution >= 0.6 is 0 Å². The van der Waals surface area contributed by atoms with Crippen LogP contribution in [0.3, 0.4) is 0 Å². The van der Waals surface area contributed by atoms with Gasteiger partial charge in [-0.1, -0.05) is 12.1 Å². The van der Waals surface area contributed by atoms with E-state index in [1.807, 2.05) is 25.1 Å². The lowest BCUT2D eigenvalue weighted by atomic mass is 10.1. The van der Waals surface area contributed by atoms with Crippen molar-refractivity contribution in [1.29, 1.82) is 0 Å². The smallest absolute Gasteiger partial charge is 0.234 e. The van der Waals surface area contributed by atoms with E-state index in [0.29, 0.717) is 12.2 Å². The summed E-state index contributed by atoms with van der Waals surface area (Å²) in [6.45, 7) is 3.93. The van der Waals surface area contributed by atoms with E-state index in [1.165, 1.54) is 4.31 Å². The van der Waals surface area contributed by atoms with E-state index in [4.69, 9.17) is 5.73 Å². The first-order chi connectivity index (χ1) is 7.42. The highest BCUT2D eigenvalue weighted by molar-refractivity contribution is 7.92. The summed E-state index contributed by atoms with van der Waals surface area (Å²) in [6.07, 6.45) is 0. The van der Waals surface area contributed by atoms with Crippen LogP contribution in [0.15, 0.2) is 18.2 Å². The Morgan fingerprint density at radius 1 is 1.38 bits per heavy atom. The molecular weight excluding hydrogens is 224 g/mol. The zero-order chi connectivity index (χ0) is 12.3. The molecule has 5 heteroatoms. The van der Waals surface area contributed by atoms with E-state index in [1.54, 1.807) is 14.0 Å². The van der Waals surface area contributed by atoms with Crippen LogP contribution in [-0.2, 0) is 16.6 Å². The zero-order valence-electron chi connectivity index (χ0n) is 9.90. The number of anilines is 1. The molecule has 0 aromatic heterocycles. The van der Waals surface area contributed by atoms with Crippen molar-refractivity contribution in [3.63, 3.8) is 0 Å². The Morgan fingerprint density at radius 3 is 2.50 bits per heavy atom. The minimum Gasteiger partial charge on any atom is -0.326 e. The van der Waals surface area contributed by atoms with E-state index in [0.717, 1.165) is 11.1 Å². The molecule has 1 rings (SSSR count). The number of nitrogens with two attached hydrogens (primary N) is 1. The average Bonchev–Trinajstić information content (AvgIpc) is 2.29. The first kappa shape index (κ1) is 13.0. The van der Waals surface area contributed by atoms with Gasteiger partial charge in [-0.15, -0.1) is 0 Å². The lowest BCUT2D eigenvalue weighted by molar-refractivity contribution is 0.595. The van der Waals surface area contributed by atoms with Gasteiger partial charge in [-0.05, 0) is 31.0 Å². The standard InChI is InChI=1S/C11H18N2O2S/c1-4-16(14,15)13(3)11-7-10(8-12)6-5-9(11)2/h5-7H,4,8,12H2,1-3H3. The Hall–Kier alpha value is -1.07. The number of benzene rings is 1. The topological polar surface area (TPSA) is 63.4 Å². The van der Waals surface area contributed by atoms with Gasteiger partial charge in [0.1, 0.15) is 0 Å². The van der Waals surface area contributed by atoms with Crippen LogP contribution in [0.2, 0.25) is 0 Å². The van der Waals surface area contributed by atoms with Crippen molar-refractivity contribution in [2.75, 3.05) is 17.1 Å². The Morgan fingerprint density at radius 2 is 2.00 bits per heavy atom. The lowest BCUT2D eigenvalue weighted by Gasteiger charge is -2.21. The molecule has 0 aliphatic heterocycles. The molecule has 90 valence electrons. The van der Waals surface area contributed by atoms with Gasteiger partial charge in [-0.25, -0.2) is 8.42 Å². The zero-order valence-corrected chi connectivity index (χ0v) is 10.7. The van der Waals surface area contributed by atoms with E-state index < -0.39 is 10.0 Å². The Balaban J connectivity index is 3.22. The highest BCUT2D eigenvalue weighted by Crippen LogP contribution is 2.22. The maximum Gasteiger partial charge on any atom is 0.234 e. The SMILES string of the molecule is CCS(=O)(=O)N(C)c1cc(CN)ccc1C. The Kier molecular flexibility index (Phi) is 3.93. The van der Waals surface area contributed by atoms with Gasteiger partial charge in [0.25, 0.3) is 0 Å². The second-order valence-corrected chi connectivity index (χ2v) is 5.98. The van der Waals surface area contributed by atoms with Crippen molar-refractivity contribution in [1.82, 2.24) is 0 Å². The number of hydrogen-bond donors (Lipinski definition) is 1. The highest BCUT2D eigenvalue weighted by atomic mass is 32.2. The summed E-state index contributed by atoms with van der Waals surface area (Å²) in [5, 5.41) is 0. The second-order valence-electron chi connectivity index (χ2n) is 3.69. The Bertz CT molecular complexity index is 469. The Labute approximate surface area is 97.1 Å². The van der Waals surface area contributed by atoms with Gasteiger partial charge in [0, 0.05) is 13.6 Å². The number of sulfonamides is 1. The van der Waals surface area contributed by atoms with E-state index in [9.17, 15) is 8.42 Å². The predicted octanol–water partition coefficient (Wildman–Crippen LogP) is 1.24. The van der Waals surface area contributed by atoms with Crippen molar-refractivity contribution in [3.05, 3.63) is 29.3 Å². The quantitative estimate of drug-likeness (QED) is 0.864. The molecule has 0 saturated heterocycles. The largest absolute Gasteiger partial charge is 0.326 e. The molecule has 0 heterocycles. The molecule has 0 radical (unpaired) electrons. The summed E-state index contributed by atoms with van der Waals surface area (Å²) in [4.78, 5) is 0. The minimum atomic E-state index is -3.21. The number of nitrogens with zero attached hydrogens (tertiary/aromatic N) is 1. The van der Waals surface area contributed by atoms with Gasteiger partial charge in [-0.2, -0.15) is 0 Å². The maximum atomic E-state index is 11.7. The maximum absolute atomic E-state index is 11.7. The second kappa shape index (κ2) is 4.84. The molecule has 0 atom stereocenters. The third-order valence-corrected chi connectivity index (χ3v) is 4.39. The van der Waals surface area contributed by atoms with Gasteiger partial charge in [0.2, 0.25) is 10.0 Å². The average molecular weight is 242 g/mol. The third kappa shape index (κ3) is 2.54. The molecule has 2 N–H and O–H groups in total. The van der Waals surface area contributed by atoms with Gasteiger partial charge in [-0.3, -0.25) is 4.31 Å². The van der Waals surface area contributed by atoms with Gasteiger partial charge in [0.15, 0.2) is 0 Å². The molecule has 0 fully saturated rings. The fourth-order valence-corrected chi connectivity index (χ4v) is 2.35. The van der Waals surface area contributed by atoms with E-state index >= 15 is 0 Å². The van der Waals surface area contributed by atoms with Gasteiger partial charge < -0.3 is 5.73 Å². The van der Waals surface area contributed by atoms with Crippen LogP contribution in [-0.4, -0.2) is 21.2 Å². The third-order valence-electron chi connectivity index (χ3n) is 2.63. The van der Waals surface area contributed by atoms with E-state index in [-0.39, 0.29) is 5.75 Å². The lowest BCUT2D eigenvalue weighted by Crippen LogP contribution is -2.28. The summed E-state index contributed by atoms with van der Waals surface area (Å²) in [5.41, 5.74) is 8.10. The molecule has 16 heavy (non-hydrogen) atoms. The minimum absolute atomic E-state index is 0.0930. The summed E-state index contributed by atoms with van der Waals surface area (Å²) < 4.78 is 24.8. The molecule has 0 bridgehead atoms. The van der Waals surface area contributed by atoms with Crippen molar-refractivity contribution >= 4 is 15.7 Å². The molecule has 0 saturated carbocycles. The summed E-state index contributed by atoms with van der Waals surface area (Å²) in [6, 6.07) is 5.62. The predicted molar refractivity (Wildman–Crippen MR) is 66.9 cm³/mol. The molecule has 0 unspecified atom stereocenters.